The fraction of sp³-hybridized carbons (Fsp3) is 0.100. The van der Waals surface area contributed by atoms with Gasteiger partial charge in [0.2, 0.25) is 5.91 Å². The molecule has 1 aromatic carbocycles. The van der Waals surface area contributed by atoms with Gasteiger partial charge in [0.15, 0.2) is 0 Å². The Hall–Kier alpha value is -3.15. The van der Waals surface area contributed by atoms with Gasteiger partial charge in [0.05, 0.1) is 26.1 Å². The van der Waals surface area contributed by atoms with E-state index in [4.69, 9.17) is 0 Å². The summed E-state index contributed by atoms with van der Waals surface area (Å²) in [6.07, 6.45) is 0. The van der Waals surface area contributed by atoms with Crippen LogP contribution in [-0.2, 0) is 4.79 Å². The summed E-state index contributed by atoms with van der Waals surface area (Å²) in [5, 5.41) is 25.5. The molecule has 0 aliphatic rings. The number of thioether (sulfide) groups is 1. The van der Waals surface area contributed by atoms with Crippen LogP contribution in [0.4, 0.5) is 11.4 Å². The van der Waals surface area contributed by atoms with E-state index in [1.165, 1.54) is 36.0 Å². The summed E-state index contributed by atoms with van der Waals surface area (Å²) in [6.45, 7) is 1.95. The number of nitro benzene ring substituents is 1. The normalized spacial score (nSPS) is 10.7. The average molecular weight is 470 g/mol. The number of carbonyl (C=O) groups is 1. The van der Waals surface area contributed by atoms with Crippen molar-refractivity contribution in [3.63, 3.8) is 0 Å². The Morgan fingerprint density at radius 1 is 1.16 bits per heavy atom. The van der Waals surface area contributed by atoms with Crippen molar-refractivity contribution in [3.8, 4) is 20.5 Å². The number of nitro groups is 1. The lowest BCUT2D eigenvalue weighted by atomic mass is 10.3. The van der Waals surface area contributed by atoms with Crippen molar-refractivity contribution in [2.75, 3.05) is 11.1 Å². The minimum Gasteiger partial charge on any atom is -0.325 e. The SMILES string of the molecule is Cc1nc(-c2cccs2)sc1-c1ccc(SCC(=O)Nc2ccc([N+](=O)[O-])cc2)nn1. The van der Waals surface area contributed by atoms with E-state index >= 15 is 0 Å². The first kappa shape index (κ1) is 21.1. The number of benzene rings is 1. The maximum atomic E-state index is 12.1. The molecule has 0 unspecified atom stereocenters. The van der Waals surface area contributed by atoms with Gasteiger partial charge in [-0.1, -0.05) is 17.8 Å². The molecule has 0 saturated carbocycles. The molecule has 0 spiro atoms. The first-order valence-corrected chi connectivity index (χ1v) is 11.7. The molecule has 0 bridgehead atoms. The summed E-state index contributed by atoms with van der Waals surface area (Å²) in [4.78, 5) is 29.1. The molecule has 0 radical (unpaired) electrons. The van der Waals surface area contributed by atoms with Gasteiger partial charge in [-0.15, -0.1) is 32.9 Å². The van der Waals surface area contributed by atoms with Crippen molar-refractivity contribution >= 4 is 51.7 Å². The minimum absolute atomic E-state index is 0.0265. The van der Waals surface area contributed by atoms with Gasteiger partial charge in [0, 0.05) is 17.8 Å². The van der Waals surface area contributed by atoms with Crippen LogP contribution >= 0.6 is 34.4 Å². The van der Waals surface area contributed by atoms with E-state index in [1.807, 2.05) is 36.6 Å². The van der Waals surface area contributed by atoms with Gasteiger partial charge in [-0.3, -0.25) is 14.9 Å². The van der Waals surface area contributed by atoms with Crippen LogP contribution < -0.4 is 5.32 Å². The van der Waals surface area contributed by atoms with Crippen LogP contribution in [0.25, 0.3) is 20.5 Å². The van der Waals surface area contributed by atoms with E-state index in [1.54, 1.807) is 22.7 Å². The molecule has 31 heavy (non-hydrogen) atoms. The lowest BCUT2D eigenvalue weighted by Crippen LogP contribution is -2.14. The smallest absolute Gasteiger partial charge is 0.269 e. The topological polar surface area (TPSA) is 111 Å². The van der Waals surface area contributed by atoms with Crippen LogP contribution in [-0.4, -0.2) is 31.8 Å². The number of amides is 1. The van der Waals surface area contributed by atoms with Crippen molar-refractivity contribution < 1.29 is 9.72 Å². The number of aryl methyl sites for hydroxylation is 1. The summed E-state index contributed by atoms with van der Waals surface area (Å²) in [6, 6.07) is 13.4. The van der Waals surface area contributed by atoms with Gasteiger partial charge in [0.25, 0.3) is 5.69 Å². The second-order valence-corrected chi connectivity index (χ2v) is 9.25. The molecule has 0 aliphatic carbocycles. The molecule has 3 heterocycles. The third kappa shape index (κ3) is 5.13. The van der Waals surface area contributed by atoms with E-state index in [0.29, 0.717) is 10.7 Å². The summed E-state index contributed by atoms with van der Waals surface area (Å²) in [5.41, 5.74) is 2.13. The molecule has 0 saturated heterocycles. The monoisotopic (exact) mass is 469 g/mol. The largest absolute Gasteiger partial charge is 0.325 e. The second kappa shape index (κ2) is 9.33. The predicted octanol–water partition coefficient (Wildman–Crippen LogP) is 5.28. The Bertz CT molecular complexity index is 1210. The van der Waals surface area contributed by atoms with Crippen LogP contribution in [0.2, 0.25) is 0 Å². The molecule has 1 amide bonds. The lowest BCUT2D eigenvalue weighted by Gasteiger charge is -2.05. The van der Waals surface area contributed by atoms with E-state index in [9.17, 15) is 14.9 Å². The van der Waals surface area contributed by atoms with Crippen molar-refractivity contribution in [3.05, 3.63) is 69.7 Å². The zero-order chi connectivity index (χ0) is 21.8. The van der Waals surface area contributed by atoms with E-state index in [-0.39, 0.29) is 17.3 Å². The van der Waals surface area contributed by atoms with Crippen LogP contribution in [0.5, 0.6) is 0 Å². The number of hydrogen-bond donors (Lipinski definition) is 1. The maximum absolute atomic E-state index is 12.1. The number of nitrogens with zero attached hydrogens (tertiary/aromatic N) is 4. The van der Waals surface area contributed by atoms with Gasteiger partial charge in [-0.05, 0) is 42.6 Å². The summed E-state index contributed by atoms with van der Waals surface area (Å²) in [7, 11) is 0. The van der Waals surface area contributed by atoms with Crippen molar-refractivity contribution in [2.24, 2.45) is 0 Å². The van der Waals surface area contributed by atoms with E-state index < -0.39 is 4.92 Å². The highest BCUT2D eigenvalue weighted by Gasteiger charge is 2.14. The quantitative estimate of drug-likeness (QED) is 0.223. The zero-order valence-corrected chi connectivity index (χ0v) is 18.6. The zero-order valence-electron chi connectivity index (χ0n) is 16.1. The van der Waals surface area contributed by atoms with Crippen molar-refractivity contribution in [1.82, 2.24) is 15.2 Å². The summed E-state index contributed by atoms with van der Waals surface area (Å²) >= 11 is 4.49. The summed E-state index contributed by atoms with van der Waals surface area (Å²) < 4.78 is 0. The number of anilines is 1. The molecular formula is C20H15N5O3S3. The first-order valence-electron chi connectivity index (χ1n) is 9.02. The molecule has 4 aromatic rings. The standard InChI is InChI=1S/C20H15N5O3S3/c1-12-19(31-20(21-12)16-3-2-10-29-16)15-8-9-18(24-23-15)30-11-17(26)22-13-4-6-14(7-5-13)25(27)28/h2-10H,11H2,1H3,(H,22,26). The summed E-state index contributed by atoms with van der Waals surface area (Å²) in [5.74, 6) is -0.0868. The highest BCUT2D eigenvalue weighted by molar-refractivity contribution is 7.99. The minimum atomic E-state index is -0.486. The molecule has 4 rings (SSSR count). The van der Waals surface area contributed by atoms with Crippen LogP contribution in [0.1, 0.15) is 5.69 Å². The number of thiophene rings is 1. The Kier molecular flexibility index (Phi) is 6.35. The number of aromatic nitrogens is 3. The molecular weight excluding hydrogens is 454 g/mol. The van der Waals surface area contributed by atoms with Crippen molar-refractivity contribution in [1.29, 1.82) is 0 Å². The molecule has 0 fully saturated rings. The first-order chi connectivity index (χ1) is 15.0. The van der Waals surface area contributed by atoms with Crippen LogP contribution in [0.3, 0.4) is 0 Å². The fourth-order valence-electron chi connectivity index (χ4n) is 2.66. The molecule has 0 aliphatic heterocycles. The van der Waals surface area contributed by atoms with E-state index in [0.717, 1.165) is 26.1 Å². The van der Waals surface area contributed by atoms with Gasteiger partial charge in [-0.25, -0.2) is 4.98 Å². The number of non-ortho nitro benzene ring substituents is 1. The Morgan fingerprint density at radius 2 is 1.97 bits per heavy atom. The van der Waals surface area contributed by atoms with Gasteiger partial charge in [-0.2, -0.15) is 0 Å². The number of hydrogen-bond acceptors (Lipinski definition) is 9. The second-order valence-electron chi connectivity index (χ2n) is 6.31. The fourth-order valence-corrected chi connectivity index (χ4v) is 5.10. The third-order valence-corrected chi connectivity index (χ3v) is 7.25. The Labute approximate surface area is 189 Å². The molecule has 0 atom stereocenters. The maximum Gasteiger partial charge on any atom is 0.269 e. The molecule has 8 nitrogen and oxygen atoms in total. The predicted molar refractivity (Wildman–Crippen MR) is 124 cm³/mol. The lowest BCUT2D eigenvalue weighted by molar-refractivity contribution is -0.384. The number of nitrogens with one attached hydrogen (secondary N) is 1. The Balaban J connectivity index is 1.35. The van der Waals surface area contributed by atoms with E-state index in [2.05, 4.69) is 20.5 Å². The van der Waals surface area contributed by atoms with Crippen LogP contribution in [0, 0.1) is 17.0 Å². The molecule has 3 aromatic heterocycles. The average Bonchev–Trinajstić information content (AvgIpc) is 3.43. The Morgan fingerprint density at radius 3 is 2.61 bits per heavy atom. The molecule has 156 valence electrons. The van der Waals surface area contributed by atoms with Gasteiger partial charge < -0.3 is 5.32 Å². The molecule has 1 N–H and O–H groups in total. The highest BCUT2D eigenvalue weighted by Crippen LogP contribution is 2.36. The number of thiazole rings is 1. The third-order valence-electron chi connectivity index (χ3n) is 4.11. The highest BCUT2D eigenvalue weighted by atomic mass is 32.2. The van der Waals surface area contributed by atoms with Gasteiger partial charge >= 0.3 is 0 Å². The van der Waals surface area contributed by atoms with Crippen molar-refractivity contribution in [2.45, 2.75) is 11.9 Å². The molecule has 11 heteroatoms. The van der Waals surface area contributed by atoms with Crippen LogP contribution in [0.15, 0.2) is 58.9 Å². The number of rotatable bonds is 7. The number of carbonyl (C=O) groups excluding carboxylic acids is 1. The van der Waals surface area contributed by atoms with Gasteiger partial charge in [0.1, 0.15) is 15.7 Å².